The summed E-state index contributed by atoms with van der Waals surface area (Å²) in [6.07, 6.45) is 5.02. The molecule has 7 heteroatoms. The molecule has 1 heterocycles. The minimum absolute atomic E-state index is 0. The van der Waals surface area contributed by atoms with E-state index in [2.05, 4.69) is 5.10 Å². The molecule has 0 saturated heterocycles. The fourth-order valence-electron chi connectivity index (χ4n) is 1.47. The second-order valence-electron chi connectivity index (χ2n) is 5.52. The molecule has 116 valence electrons. The van der Waals surface area contributed by atoms with E-state index in [0.29, 0.717) is 17.2 Å². The number of rotatable bonds is 5. The number of hydrogen-bond donors (Lipinski definition) is 1. The Bertz CT molecular complexity index is 534. The Morgan fingerprint density at radius 3 is 2.23 bits per heavy atom. The van der Waals surface area contributed by atoms with Crippen LogP contribution in [0.5, 0.6) is 0 Å². The Morgan fingerprint density at radius 2 is 1.95 bits per heavy atom. The topological polar surface area (TPSA) is 94.5 Å². The van der Waals surface area contributed by atoms with Crippen LogP contribution in [0.25, 0.3) is 5.41 Å². The quantitative estimate of drug-likeness (QED) is 0.445. The van der Waals surface area contributed by atoms with Gasteiger partial charge in [0.15, 0.2) is 5.97 Å². The van der Waals surface area contributed by atoms with Gasteiger partial charge in [-0.2, -0.15) is 12.8 Å². The van der Waals surface area contributed by atoms with Gasteiger partial charge in [0.05, 0.1) is 6.29 Å². The van der Waals surface area contributed by atoms with E-state index in [1.807, 2.05) is 27.7 Å². The molecule has 1 N–H and O–H groups in total. The van der Waals surface area contributed by atoms with E-state index in [1.165, 1.54) is 0 Å². The predicted octanol–water partition coefficient (Wildman–Crippen LogP) is -0.620. The molecule has 1 saturated carbocycles. The van der Waals surface area contributed by atoms with Crippen molar-refractivity contribution in [2.75, 3.05) is 0 Å². The molecule has 6 nitrogen and oxygen atoms in total. The molecule has 1 aromatic rings. The Balaban J connectivity index is 0.000000529. The Hall–Kier alpha value is -1.51. The van der Waals surface area contributed by atoms with E-state index in [0.717, 1.165) is 12.8 Å². The van der Waals surface area contributed by atoms with Gasteiger partial charge in [-0.1, -0.05) is 26.0 Å². The van der Waals surface area contributed by atoms with Gasteiger partial charge in [-0.05, 0) is 19.5 Å². The Labute approximate surface area is 143 Å². The third kappa shape index (κ3) is 5.70. The van der Waals surface area contributed by atoms with E-state index >= 15 is 0 Å². The van der Waals surface area contributed by atoms with Crippen molar-refractivity contribution in [2.45, 2.75) is 46.6 Å². The smallest absolute Gasteiger partial charge is 0.817 e. The molecule has 22 heavy (non-hydrogen) atoms. The molecule has 0 spiro atoms. The first-order chi connectivity index (χ1) is 9.77. The van der Waals surface area contributed by atoms with Crippen LogP contribution in [0, 0.1) is 11.8 Å². The molecule has 0 atom stereocenters. The molecule has 1 aromatic heterocycles. The van der Waals surface area contributed by atoms with Gasteiger partial charge < -0.3 is 20.0 Å². The van der Waals surface area contributed by atoms with Crippen LogP contribution in [-0.2, 0) is 9.59 Å². The molecule has 0 amide bonds. The predicted molar refractivity (Wildman–Crippen MR) is 79.8 cm³/mol. The maximum Gasteiger partial charge on any atom is 1.00 e. The van der Waals surface area contributed by atoms with Crippen LogP contribution in [0.1, 0.15) is 57.8 Å². The molecule has 0 unspecified atom stereocenters. The molecule has 0 aromatic carbocycles. The summed E-state index contributed by atoms with van der Waals surface area (Å²) >= 11 is 0. The summed E-state index contributed by atoms with van der Waals surface area (Å²) in [6, 6.07) is 0.158. The van der Waals surface area contributed by atoms with Crippen LogP contribution in [0.15, 0.2) is 6.20 Å². The number of carbonyl (C=O) groups is 1. The minimum Gasteiger partial charge on any atom is -0.817 e. The van der Waals surface area contributed by atoms with Gasteiger partial charge in [-0.15, -0.1) is 5.56 Å². The van der Waals surface area contributed by atoms with Crippen molar-refractivity contribution >= 4 is 18.0 Å². The molecule has 1 aliphatic carbocycles. The maximum absolute atomic E-state index is 10.7. The molecule has 1 aliphatic rings. The molecule has 1 fully saturated rings. The number of carboxylic acids is 1. The fraction of sp³-hybridized carbons (Fsp3) is 0.533. The summed E-state index contributed by atoms with van der Waals surface area (Å²) in [6.45, 7) is 7.60. The standard InChI is InChI=1S/C11H15N3O.C4H5O2.Li/c1-7(2)10(12)11-9(6-15)5-14(13-11)8(3)4;5-4(6)3-1-2-3;/h5,7-8H,1-4H3;1-2H2,(H,5,6);/q-2;-1;+1. The van der Waals surface area contributed by atoms with Crippen LogP contribution in [0.4, 0.5) is 0 Å². The van der Waals surface area contributed by atoms with Crippen molar-refractivity contribution in [1.29, 1.82) is 0 Å². The van der Waals surface area contributed by atoms with Gasteiger partial charge in [0.25, 0.3) is 0 Å². The first kappa shape index (κ1) is 20.5. The van der Waals surface area contributed by atoms with Crippen LogP contribution in [0.2, 0.25) is 0 Å². The Kier molecular flexibility index (Phi) is 8.21. The number of aromatic nitrogens is 2. The monoisotopic (exact) mass is 297 g/mol. The summed E-state index contributed by atoms with van der Waals surface area (Å²) < 4.78 is 1.65. The van der Waals surface area contributed by atoms with Crippen molar-refractivity contribution in [1.82, 2.24) is 9.78 Å². The fourth-order valence-corrected chi connectivity index (χ4v) is 1.47. The number of aliphatic carboxylic acids is 1. The average Bonchev–Trinajstić information content (AvgIpc) is 3.17. The first-order valence-corrected chi connectivity index (χ1v) is 6.89. The first-order valence-electron chi connectivity index (χ1n) is 6.89. The summed E-state index contributed by atoms with van der Waals surface area (Å²) in [5.41, 5.74) is 0.788. The van der Waals surface area contributed by atoms with Gasteiger partial charge in [-0.3, -0.25) is 15.8 Å². The van der Waals surface area contributed by atoms with Gasteiger partial charge >= 0.3 is 18.9 Å². The van der Waals surface area contributed by atoms with Crippen molar-refractivity contribution in [3.8, 4) is 0 Å². The van der Waals surface area contributed by atoms with Gasteiger partial charge in [0, 0.05) is 6.04 Å². The summed E-state index contributed by atoms with van der Waals surface area (Å²) in [7, 11) is 0. The number of carboxylic acid groups (broad SMARTS) is 1. The molecule has 0 aliphatic heterocycles. The SMILES string of the molecule is CC(C)C(=[N-])c1nn(C(C)C)cc1[C-]=O.O=C(O)[C-]1CC1.[Li+]. The van der Waals surface area contributed by atoms with Crippen LogP contribution < -0.4 is 18.9 Å². The average molecular weight is 297 g/mol. The van der Waals surface area contributed by atoms with Gasteiger partial charge in [0.1, 0.15) is 0 Å². The van der Waals surface area contributed by atoms with Gasteiger partial charge in [-0.25, -0.2) is 5.71 Å². The molecule has 2 rings (SSSR count). The zero-order valence-corrected chi connectivity index (χ0v) is 13.8. The zero-order valence-electron chi connectivity index (χ0n) is 13.8. The number of hydrogen-bond acceptors (Lipinski definition) is 3. The minimum atomic E-state index is -0.713. The molecule has 0 radical (unpaired) electrons. The zero-order chi connectivity index (χ0) is 16.2. The second-order valence-corrected chi connectivity index (χ2v) is 5.52. The van der Waals surface area contributed by atoms with Gasteiger partial charge in [0.2, 0.25) is 0 Å². The molecular formula is C15H20LiN3O3-2. The van der Waals surface area contributed by atoms with E-state index in [-0.39, 0.29) is 36.5 Å². The normalized spacial score (nSPS) is 12.4. The van der Waals surface area contributed by atoms with E-state index in [9.17, 15) is 15.0 Å². The van der Waals surface area contributed by atoms with Crippen LogP contribution in [0.3, 0.4) is 0 Å². The summed E-state index contributed by atoms with van der Waals surface area (Å²) in [4.78, 5) is 20.4. The second kappa shape index (κ2) is 8.82. The van der Waals surface area contributed by atoms with Crippen molar-refractivity contribution in [2.24, 2.45) is 5.92 Å². The van der Waals surface area contributed by atoms with Crippen LogP contribution >= 0.6 is 0 Å². The number of carbonyl (C=O) groups excluding carboxylic acids is 1. The van der Waals surface area contributed by atoms with Crippen LogP contribution in [-0.4, -0.2) is 32.9 Å². The largest absolute Gasteiger partial charge is 1.00 e. The van der Waals surface area contributed by atoms with E-state index < -0.39 is 5.97 Å². The van der Waals surface area contributed by atoms with Crippen molar-refractivity contribution in [3.63, 3.8) is 0 Å². The summed E-state index contributed by atoms with van der Waals surface area (Å²) in [5, 5.41) is 22.0. The third-order valence-corrected chi connectivity index (χ3v) is 2.96. The third-order valence-electron chi connectivity index (χ3n) is 2.96. The number of nitrogens with zero attached hydrogens (tertiary/aromatic N) is 3. The van der Waals surface area contributed by atoms with E-state index in [1.54, 1.807) is 17.2 Å². The van der Waals surface area contributed by atoms with E-state index in [4.69, 9.17) is 5.11 Å². The van der Waals surface area contributed by atoms with Crippen molar-refractivity contribution < 1.29 is 33.6 Å². The van der Waals surface area contributed by atoms with Crippen molar-refractivity contribution in [3.05, 3.63) is 28.8 Å². The summed E-state index contributed by atoms with van der Waals surface area (Å²) in [5.74, 6) is -0.0855. The maximum atomic E-state index is 10.7. The molecular weight excluding hydrogens is 277 g/mol. The molecule has 0 bridgehead atoms. The Morgan fingerprint density at radius 1 is 1.41 bits per heavy atom.